The molecule has 0 unspecified atom stereocenters. The van der Waals surface area contributed by atoms with E-state index in [0.717, 1.165) is 12.8 Å². The Hall–Kier alpha value is -1.69. The molecule has 1 aliphatic rings. The second kappa shape index (κ2) is 7.36. The second-order valence-electron chi connectivity index (χ2n) is 4.91. The van der Waals surface area contributed by atoms with E-state index in [-0.39, 0.29) is 18.3 Å². The highest BCUT2D eigenvalue weighted by Gasteiger charge is 2.31. The Morgan fingerprint density at radius 3 is 2.81 bits per heavy atom. The molecule has 0 atom stereocenters. The molecular weight excluding hydrogens is 291 g/mol. The third kappa shape index (κ3) is 4.67. The largest absolute Gasteiger partial charge is 0.465 e. The number of halogens is 1. The predicted molar refractivity (Wildman–Crippen MR) is 82.2 cm³/mol. The van der Waals surface area contributed by atoms with E-state index in [1.165, 1.54) is 6.07 Å². The zero-order chi connectivity index (χ0) is 15.2. The molecule has 0 radical (unpaired) electrons. The minimum atomic E-state index is -0.346. The number of ether oxygens (including phenoxy) is 1. The Morgan fingerprint density at radius 2 is 2.19 bits per heavy atom. The molecule has 1 saturated carbocycles. The van der Waals surface area contributed by atoms with E-state index in [2.05, 4.69) is 5.32 Å². The molecule has 0 saturated heterocycles. The quantitative estimate of drug-likeness (QED) is 0.644. The molecule has 114 valence electrons. The molecule has 6 heteroatoms. The lowest BCUT2D eigenvalue weighted by Gasteiger charge is -2.25. The van der Waals surface area contributed by atoms with Gasteiger partial charge in [-0.15, -0.1) is 0 Å². The predicted octanol–water partition coefficient (Wildman–Crippen LogP) is 2.23. The highest BCUT2D eigenvalue weighted by Crippen LogP contribution is 2.28. The zero-order valence-corrected chi connectivity index (χ0v) is 12.8. The number of esters is 1. The number of nitrogens with zero attached hydrogens (tertiary/aromatic N) is 1. The van der Waals surface area contributed by atoms with Crippen LogP contribution in [-0.2, 0) is 16.1 Å². The molecule has 0 heterocycles. The Kier molecular flexibility index (Phi) is 5.50. The van der Waals surface area contributed by atoms with Gasteiger partial charge in [-0.25, -0.2) is 4.39 Å². The fourth-order valence-electron chi connectivity index (χ4n) is 2.02. The van der Waals surface area contributed by atoms with Crippen LogP contribution in [0, 0.1) is 5.82 Å². The number of carbonyl (C=O) groups excluding carboxylic acids is 1. The van der Waals surface area contributed by atoms with Gasteiger partial charge in [-0.05, 0) is 38.0 Å². The number of hydrogen-bond donors (Lipinski definition) is 1. The lowest BCUT2D eigenvalue weighted by molar-refractivity contribution is -0.141. The van der Waals surface area contributed by atoms with Crippen LogP contribution in [0.3, 0.4) is 0 Å². The lowest BCUT2D eigenvalue weighted by Crippen LogP contribution is -2.43. The molecule has 1 aromatic carbocycles. The van der Waals surface area contributed by atoms with E-state index in [1.54, 1.807) is 25.1 Å². The van der Waals surface area contributed by atoms with Gasteiger partial charge < -0.3 is 15.0 Å². The SMILES string of the molecule is CCOC(=O)CNC(=S)N(Cc1ccccc1F)C1CC1. The Labute approximate surface area is 129 Å². The number of rotatable bonds is 6. The monoisotopic (exact) mass is 310 g/mol. The first-order valence-corrected chi connectivity index (χ1v) is 7.46. The van der Waals surface area contributed by atoms with Crippen LogP contribution >= 0.6 is 12.2 Å². The lowest BCUT2D eigenvalue weighted by atomic mass is 10.2. The van der Waals surface area contributed by atoms with Gasteiger partial charge in [0.05, 0.1) is 6.61 Å². The van der Waals surface area contributed by atoms with Gasteiger partial charge in [0.2, 0.25) is 0 Å². The van der Waals surface area contributed by atoms with Crippen molar-refractivity contribution in [2.75, 3.05) is 13.2 Å². The normalized spacial score (nSPS) is 13.6. The standard InChI is InChI=1S/C15H19FN2O2S/c1-2-20-14(19)9-17-15(21)18(12-7-8-12)10-11-5-3-4-6-13(11)16/h3-6,12H,2,7-10H2,1H3,(H,17,21). The van der Waals surface area contributed by atoms with E-state index in [9.17, 15) is 9.18 Å². The van der Waals surface area contributed by atoms with Crippen molar-refractivity contribution in [3.8, 4) is 0 Å². The van der Waals surface area contributed by atoms with Crippen molar-refractivity contribution in [2.45, 2.75) is 32.4 Å². The van der Waals surface area contributed by atoms with Gasteiger partial charge in [-0.3, -0.25) is 4.79 Å². The number of benzene rings is 1. The maximum Gasteiger partial charge on any atom is 0.325 e. The summed E-state index contributed by atoms with van der Waals surface area (Å²) in [4.78, 5) is 13.3. The van der Waals surface area contributed by atoms with Crippen molar-refractivity contribution >= 4 is 23.3 Å². The van der Waals surface area contributed by atoms with Crippen LogP contribution in [0.15, 0.2) is 24.3 Å². The summed E-state index contributed by atoms with van der Waals surface area (Å²) in [6.45, 7) is 2.54. The van der Waals surface area contributed by atoms with Crippen molar-refractivity contribution in [1.29, 1.82) is 0 Å². The van der Waals surface area contributed by atoms with Crippen molar-refractivity contribution in [3.05, 3.63) is 35.6 Å². The summed E-state index contributed by atoms with van der Waals surface area (Å²) in [6, 6.07) is 6.98. The van der Waals surface area contributed by atoms with E-state index in [4.69, 9.17) is 17.0 Å². The van der Waals surface area contributed by atoms with Gasteiger partial charge in [0, 0.05) is 18.2 Å². The molecule has 0 bridgehead atoms. The molecule has 4 nitrogen and oxygen atoms in total. The van der Waals surface area contributed by atoms with E-state index in [1.807, 2.05) is 4.90 Å². The molecule has 2 rings (SSSR count). The Bertz CT molecular complexity index is 520. The topological polar surface area (TPSA) is 41.6 Å². The number of carbonyl (C=O) groups is 1. The smallest absolute Gasteiger partial charge is 0.325 e. The summed E-state index contributed by atoms with van der Waals surface area (Å²) >= 11 is 5.32. The third-order valence-corrected chi connectivity index (χ3v) is 3.62. The summed E-state index contributed by atoms with van der Waals surface area (Å²) in [7, 11) is 0. The van der Waals surface area contributed by atoms with Gasteiger partial charge >= 0.3 is 5.97 Å². The van der Waals surface area contributed by atoms with E-state index >= 15 is 0 Å². The van der Waals surface area contributed by atoms with E-state index < -0.39 is 0 Å². The molecule has 0 aliphatic heterocycles. The molecular formula is C15H19FN2O2S. The molecule has 1 aliphatic carbocycles. The molecule has 21 heavy (non-hydrogen) atoms. The van der Waals surface area contributed by atoms with E-state index in [0.29, 0.717) is 29.9 Å². The van der Waals surface area contributed by atoms with Gasteiger partial charge in [0.15, 0.2) is 5.11 Å². The van der Waals surface area contributed by atoms with Crippen LogP contribution < -0.4 is 5.32 Å². The van der Waals surface area contributed by atoms with Crippen LogP contribution in [-0.4, -0.2) is 35.2 Å². The second-order valence-corrected chi connectivity index (χ2v) is 5.30. The first kappa shape index (κ1) is 15.7. The molecule has 0 aromatic heterocycles. The minimum absolute atomic E-state index is 0.0349. The highest BCUT2D eigenvalue weighted by atomic mass is 32.1. The average molecular weight is 310 g/mol. The zero-order valence-electron chi connectivity index (χ0n) is 12.0. The molecule has 1 fully saturated rings. The van der Waals surface area contributed by atoms with Crippen molar-refractivity contribution in [1.82, 2.24) is 10.2 Å². The number of hydrogen-bond acceptors (Lipinski definition) is 3. The van der Waals surface area contributed by atoms with Crippen molar-refractivity contribution in [3.63, 3.8) is 0 Å². The first-order chi connectivity index (χ1) is 10.1. The summed E-state index contributed by atoms with van der Waals surface area (Å²) < 4.78 is 18.6. The molecule has 1 N–H and O–H groups in total. The maximum atomic E-state index is 13.7. The number of thiocarbonyl (C=S) groups is 1. The van der Waals surface area contributed by atoms with Crippen LogP contribution in [0.1, 0.15) is 25.3 Å². The summed E-state index contributed by atoms with van der Waals surface area (Å²) in [5.74, 6) is -0.585. The molecule has 1 aromatic rings. The van der Waals surface area contributed by atoms with Gasteiger partial charge in [0.1, 0.15) is 12.4 Å². The van der Waals surface area contributed by atoms with Gasteiger partial charge in [-0.2, -0.15) is 0 Å². The highest BCUT2D eigenvalue weighted by molar-refractivity contribution is 7.80. The van der Waals surface area contributed by atoms with Crippen LogP contribution in [0.5, 0.6) is 0 Å². The summed E-state index contributed by atoms with van der Waals surface area (Å²) in [5, 5.41) is 3.36. The van der Waals surface area contributed by atoms with Crippen molar-refractivity contribution < 1.29 is 13.9 Å². The molecule has 0 amide bonds. The maximum absolute atomic E-state index is 13.7. The molecule has 0 spiro atoms. The number of nitrogens with one attached hydrogen (secondary N) is 1. The minimum Gasteiger partial charge on any atom is -0.465 e. The third-order valence-electron chi connectivity index (χ3n) is 3.24. The van der Waals surface area contributed by atoms with Gasteiger partial charge in [0.25, 0.3) is 0 Å². The fourth-order valence-corrected chi connectivity index (χ4v) is 2.31. The summed E-state index contributed by atoms with van der Waals surface area (Å²) in [6.07, 6.45) is 2.07. The average Bonchev–Trinajstić information content (AvgIpc) is 3.29. The fraction of sp³-hybridized carbons (Fsp3) is 0.467. The van der Waals surface area contributed by atoms with Crippen LogP contribution in [0.25, 0.3) is 0 Å². The Morgan fingerprint density at radius 1 is 1.48 bits per heavy atom. The van der Waals surface area contributed by atoms with Gasteiger partial charge in [-0.1, -0.05) is 18.2 Å². The van der Waals surface area contributed by atoms with Crippen molar-refractivity contribution in [2.24, 2.45) is 0 Å². The van der Waals surface area contributed by atoms with Crippen LogP contribution in [0.4, 0.5) is 4.39 Å². The van der Waals surface area contributed by atoms with Crippen LogP contribution in [0.2, 0.25) is 0 Å². The first-order valence-electron chi connectivity index (χ1n) is 7.05. The Balaban J connectivity index is 1.94. The summed E-state index contributed by atoms with van der Waals surface area (Å²) in [5.41, 5.74) is 0.602.